The highest BCUT2D eigenvalue weighted by Crippen LogP contribution is 2.29. The van der Waals surface area contributed by atoms with E-state index in [1.807, 2.05) is 18.2 Å². The molecule has 0 aliphatic heterocycles. The smallest absolute Gasteiger partial charge is 0.150 e. The number of nitrogens with one attached hydrogen (secondary N) is 1. The lowest BCUT2D eigenvalue weighted by molar-refractivity contribution is 0.580. The minimum Gasteiger partial charge on any atom is -0.463 e. The molecule has 3 aromatic rings. The van der Waals surface area contributed by atoms with Gasteiger partial charge in [0.1, 0.15) is 5.76 Å². The van der Waals surface area contributed by atoms with Crippen LogP contribution in [0.15, 0.2) is 47.1 Å². The van der Waals surface area contributed by atoms with Crippen molar-refractivity contribution in [3.63, 3.8) is 0 Å². The van der Waals surface area contributed by atoms with Crippen molar-refractivity contribution in [2.45, 2.75) is 6.92 Å². The Hall–Kier alpha value is -1.96. The predicted molar refractivity (Wildman–Crippen MR) is 60.7 cm³/mol. The Labute approximate surface area is 87.5 Å². The standard InChI is InChI=1S/C13H11NO/c1-9-10-5-2-3-6-11(10)14-13(9)12-7-4-8-15-12/h2-8,14H,1H3. The van der Waals surface area contributed by atoms with Crippen LogP contribution in [0.3, 0.4) is 0 Å². The molecule has 0 aliphatic rings. The van der Waals surface area contributed by atoms with Gasteiger partial charge in [0.05, 0.1) is 12.0 Å². The molecule has 2 heteroatoms. The zero-order valence-electron chi connectivity index (χ0n) is 8.45. The summed E-state index contributed by atoms with van der Waals surface area (Å²) < 4.78 is 5.40. The zero-order valence-corrected chi connectivity index (χ0v) is 8.45. The van der Waals surface area contributed by atoms with Gasteiger partial charge in [-0.2, -0.15) is 0 Å². The number of hydrogen-bond acceptors (Lipinski definition) is 1. The number of para-hydroxylation sites is 1. The zero-order chi connectivity index (χ0) is 10.3. The summed E-state index contributed by atoms with van der Waals surface area (Å²) in [5.74, 6) is 0.892. The van der Waals surface area contributed by atoms with E-state index < -0.39 is 0 Å². The maximum atomic E-state index is 5.40. The van der Waals surface area contributed by atoms with Crippen LogP contribution in [-0.2, 0) is 0 Å². The molecule has 0 radical (unpaired) electrons. The van der Waals surface area contributed by atoms with Gasteiger partial charge < -0.3 is 9.40 Å². The van der Waals surface area contributed by atoms with Gasteiger partial charge in [0, 0.05) is 10.9 Å². The van der Waals surface area contributed by atoms with Gasteiger partial charge in [0.25, 0.3) is 0 Å². The molecule has 0 saturated carbocycles. The molecule has 2 heterocycles. The number of H-pyrrole nitrogens is 1. The summed E-state index contributed by atoms with van der Waals surface area (Å²) in [6.45, 7) is 2.11. The summed E-state index contributed by atoms with van der Waals surface area (Å²) in [6, 6.07) is 12.2. The number of aromatic nitrogens is 1. The van der Waals surface area contributed by atoms with E-state index in [0.717, 1.165) is 17.0 Å². The van der Waals surface area contributed by atoms with Crippen molar-refractivity contribution >= 4 is 10.9 Å². The van der Waals surface area contributed by atoms with Crippen molar-refractivity contribution in [3.8, 4) is 11.5 Å². The molecule has 74 valence electrons. The average molecular weight is 197 g/mol. The van der Waals surface area contributed by atoms with E-state index in [4.69, 9.17) is 4.42 Å². The van der Waals surface area contributed by atoms with Crippen LogP contribution in [0, 0.1) is 6.92 Å². The fraction of sp³-hybridized carbons (Fsp3) is 0.0769. The summed E-state index contributed by atoms with van der Waals surface area (Å²) in [4.78, 5) is 3.37. The molecule has 2 nitrogen and oxygen atoms in total. The second-order valence-electron chi connectivity index (χ2n) is 3.65. The summed E-state index contributed by atoms with van der Waals surface area (Å²) in [6.07, 6.45) is 1.69. The molecule has 0 unspecified atom stereocenters. The van der Waals surface area contributed by atoms with Crippen molar-refractivity contribution in [1.29, 1.82) is 0 Å². The van der Waals surface area contributed by atoms with E-state index in [1.165, 1.54) is 10.9 Å². The predicted octanol–water partition coefficient (Wildman–Crippen LogP) is 3.74. The minimum absolute atomic E-state index is 0.892. The lowest BCUT2D eigenvalue weighted by Gasteiger charge is -1.93. The first-order valence-electron chi connectivity index (χ1n) is 4.97. The molecule has 15 heavy (non-hydrogen) atoms. The molecule has 2 aromatic heterocycles. The number of rotatable bonds is 1. The highest BCUT2D eigenvalue weighted by molar-refractivity contribution is 5.89. The van der Waals surface area contributed by atoms with Crippen molar-refractivity contribution in [2.24, 2.45) is 0 Å². The van der Waals surface area contributed by atoms with E-state index in [9.17, 15) is 0 Å². The number of aryl methyl sites for hydroxylation is 1. The van der Waals surface area contributed by atoms with Crippen LogP contribution in [-0.4, -0.2) is 4.98 Å². The maximum Gasteiger partial charge on any atom is 0.150 e. The molecule has 0 saturated heterocycles. The van der Waals surface area contributed by atoms with Crippen LogP contribution < -0.4 is 0 Å². The lowest BCUT2D eigenvalue weighted by Crippen LogP contribution is -1.75. The summed E-state index contributed by atoms with van der Waals surface area (Å²) >= 11 is 0. The Balaban J connectivity index is 2.33. The summed E-state index contributed by atoms with van der Waals surface area (Å²) in [5, 5.41) is 1.25. The van der Waals surface area contributed by atoms with Gasteiger partial charge in [0.2, 0.25) is 0 Å². The third kappa shape index (κ3) is 1.18. The molecule has 0 spiro atoms. The molecule has 0 atom stereocenters. The highest BCUT2D eigenvalue weighted by Gasteiger charge is 2.10. The fourth-order valence-corrected chi connectivity index (χ4v) is 1.95. The lowest BCUT2D eigenvalue weighted by atomic mass is 10.1. The maximum absolute atomic E-state index is 5.40. The number of furan rings is 1. The second kappa shape index (κ2) is 3.02. The van der Waals surface area contributed by atoms with Gasteiger partial charge in [0.15, 0.2) is 0 Å². The van der Waals surface area contributed by atoms with Crippen LogP contribution in [0.4, 0.5) is 0 Å². The molecule has 0 bridgehead atoms. The second-order valence-corrected chi connectivity index (χ2v) is 3.65. The van der Waals surface area contributed by atoms with E-state index in [1.54, 1.807) is 6.26 Å². The Morgan fingerprint density at radius 3 is 2.67 bits per heavy atom. The summed E-state index contributed by atoms with van der Waals surface area (Å²) in [5.41, 5.74) is 3.46. The minimum atomic E-state index is 0.892. The third-order valence-electron chi connectivity index (χ3n) is 2.73. The van der Waals surface area contributed by atoms with Crippen molar-refractivity contribution < 1.29 is 4.42 Å². The first-order valence-corrected chi connectivity index (χ1v) is 4.97. The van der Waals surface area contributed by atoms with Crippen LogP contribution in [0.1, 0.15) is 5.56 Å². The average Bonchev–Trinajstić information content (AvgIpc) is 2.87. The van der Waals surface area contributed by atoms with Crippen LogP contribution >= 0.6 is 0 Å². The van der Waals surface area contributed by atoms with E-state index in [2.05, 4.69) is 30.1 Å². The van der Waals surface area contributed by atoms with Gasteiger partial charge in [-0.1, -0.05) is 18.2 Å². The van der Waals surface area contributed by atoms with Crippen molar-refractivity contribution in [1.82, 2.24) is 4.98 Å². The van der Waals surface area contributed by atoms with E-state index >= 15 is 0 Å². The normalized spacial score (nSPS) is 11.0. The molecule has 0 fully saturated rings. The quantitative estimate of drug-likeness (QED) is 0.632. The van der Waals surface area contributed by atoms with Crippen LogP contribution in [0.2, 0.25) is 0 Å². The third-order valence-corrected chi connectivity index (χ3v) is 2.73. The fourth-order valence-electron chi connectivity index (χ4n) is 1.95. The van der Waals surface area contributed by atoms with Crippen molar-refractivity contribution in [3.05, 3.63) is 48.2 Å². The molecule has 1 N–H and O–H groups in total. The SMILES string of the molecule is Cc1c(-c2ccco2)[nH]c2ccccc12. The molecule has 3 rings (SSSR count). The summed E-state index contributed by atoms with van der Waals surface area (Å²) in [7, 11) is 0. The Morgan fingerprint density at radius 2 is 1.93 bits per heavy atom. The molecule has 0 amide bonds. The topological polar surface area (TPSA) is 28.9 Å². The number of fused-ring (bicyclic) bond motifs is 1. The largest absolute Gasteiger partial charge is 0.463 e. The molecule has 1 aromatic carbocycles. The van der Waals surface area contributed by atoms with Gasteiger partial charge in [-0.25, -0.2) is 0 Å². The number of aromatic amines is 1. The van der Waals surface area contributed by atoms with E-state index in [0.29, 0.717) is 0 Å². The highest BCUT2D eigenvalue weighted by atomic mass is 16.3. The Morgan fingerprint density at radius 1 is 1.07 bits per heavy atom. The molecular weight excluding hydrogens is 186 g/mol. The first-order chi connectivity index (χ1) is 7.36. The molecular formula is C13H11NO. The number of hydrogen-bond donors (Lipinski definition) is 1. The Bertz CT molecular complexity index is 590. The van der Waals surface area contributed by atoms with E-state index in [-0.39, 0.29) is 0 Å². The Kier molecular flexibility index (Phi) is 1.68. The van der Waals surface area contributed by atoms with Gasteiger partial charge in [-0.3, -0.25) is 0 Å². The van der Waals surface area contributed by atoms with Crippen molar-refractivity contribution in [2.75, 3.05) is 0 Å². The number of benzene rings is 1. The van der Waals surface area contributed by atoms with Gasteiger partial charge in [-0.15, -0.1) is 0 Å². The van der Waals surface area contributed by atoms with Gasteiger partial charge in [-0.05, 0) is 30.7 Å². The van der Waals surface area contributed by atoms with Crippen LogP contribution in [0.5, 0.6) is 0 Å². The van der Waals surface area contributed by atoms with Crippen LogP contribution in [0.25, 0.3) is 22.4 Å². The first kappa shape index (κ1) is 8.36. The molecule has 0 aliphatic carbocycles. The monoisotopic (exact) mass is 197 g/mol. The van der Waals surface area contributed by atoms with Gasteiger partial charge >= 0.3 is 0 Å².